The zero-order chi connectivity index (χ0) is 15.0. The Hall–Kier alpha value is -2.51. The van der Waals surface area contributed by atoms with Crippen molar-refractivity contribution < 1.29 is 13.6 Å². The van der Waals surface area contributed by atoms with Crippen LogP contribution in [0, 0.1) is 11.6 Å². The number of anilines is 1. The van der Waals surface area contributed by atoms with Crippen molar-refractivity contribution >= 4 is 11.6 Å². The number of hydrogen-bond donors (Lipinski definition) is 1. The lowest BCUT2D eigenvalue weighted by Gasteiger charge is -2.17. The first-order chi connectivity index (χ1) is 10.0. The summed E-state index contributed by atoms with van der Waals surface area (Å²) >= 11 is 0. The Balaban J connectivity index is 1.79. The Morgan fingerprint density at radius 1 is 1.38 bits per heavy atom. The van der Waals surface area contributed by atoms with E-state index in [4.69, 9.17) is 5.73 Å². The maximum absolute atomic E-state index is 13.7. The summed E-state index contributed by atoms with van der Waals surface area (Å²) in [5, 5.41) is 7.71. The van der Waals surface area contributed by atoms with Crippen LogP contribution in [-0.2, 0) is 24.3 Å². The zero-order valence-electron chi connectivity index (χ0n) is 11.1. The lowest BCUT2D eigenvalue weighted by Crippen LogP contribution is -2.20. The molecule has 0 saturated carbocycles. The van der Waals surface area contributed by atoms with Gasteiger partial charge in [-0.1, -0.05) is 5.21 Å². The molecule has 0 bridgehead atoms. The fourth-order valence-corrected chi connectivity index (χ4v) is 2.49. The summed E-state index contributed by atoms with van der Waals surface area (Å²) in [7, 11) is 0. The summed E-state index contributed by atoms with van der Waals surface area (Å²) < 4.78 is 28.3. The molecule has 6 nitrogen and oxygen atoms in total. The third kappa shape index (κ3) is 2.69. The van der Waals surface area contributed by atoms with Gasteiger partial charge in [-0.05, 0) is 12.5 Å². The van der Waals surface area contributed by atoms with Crippen molar-refractivity contribution in [3.63, 3.8) is 0 Å². The minimum atomic E-state index is -0.601. The number of aromatic nitrogens is 3. The Morgan fingerprint density at radius 3 is 2.95 bits per heavy atom. The van der Waals surface area contributed by atoms with Crippen molar-refractivity contribution in [3.8, 4) is 0 Å². The first kappa shape index (κ1) is 13.5. The van der Waals surface area contributed by atoms with Crippen LogP contribution in [0.15, 0.2) is 18.3 Å². The van der Waals surface area contributed by atoms with Crippen LogP contribution in [-0.4, -0.2) is 27.4 Å². The molecule has 0 unspecified atom stereocenters. The number of amides is 1. The Bertz CT molecular complexity index is 700. The number of rotatable bonds is 4. The van der Waals surface area contributed by atoms with E-state index in [1.54, 1.807) is 6.20 Å². The molecule has 1 amide bonds. The van der Waals surface area contributed by atoms with Crippen molar-refractivity contribution in [2.24, 2.45) is 5.73 Å². The molecule has 0 radical (unpaired) electrons. The first-order valence-corrected chi connectivity index (χ1v) is 6.43. The van der Waals surface area contributed by atoms with E-state index in [0.29, 0.717) is 36.5 Å². The predicted octanol–water partition coefficient (Wildman–Crippen LogP) is 0.604. The number of halogens is 2. The van der Waals surface area contributed by atoms with Gasteiger partial charge in [-0.3, -0.25) is 4.79 Å². The maximum Gasteiger partial charge on any atom is 0.239 e. The highest BCUT2D eigenvalue weighted by Gasteiger charge is 2.24. The summed E-state index contributed by atoms with van der Waals surface area (Å²) in [4.78, 5) is 12.6. The molecule has 21 heavy (non-hydrogen) atoms. The van der Waals surface area contributed by atoms with Gasteiger partial charge in [0.15, 0.2) is 0 Å². The number of benzene rings is 1. The average Bonchev–Trinajstić information content (AvgIpc) is 2.97. The molecular formula is C13H13F2N5O. The van der Waals surface area contributed by atoms with Crippen molar-refractivity contribution in [1.29, 1.82) is 0 Å². The summed E-state index contributed by atoms with van der Waals surface area (Å²) in [6, 6.07) is 2.21. The van der Waals surface area contributed by atoms with Gasteiger partial charge in [0.1, 0.15) is 23.9 Å². The van der Waals surface area contributed by atoms with E-state index in [1.165, 1.54) is 10.7 Å². The van der Waals surface area contributed by atoms with E-state index in [9.17, 15) is 13.6 Å². The molecule has 0 fully saturated rings. The normalized spacial score (nSPS) is 13.5. The smallest absolute Gasteiger partial charge is 0.239 e. The second-order valence-electron chi connectivity index (χ2n) is 4.93. The van der Waals surface area contributed by atoms with Crippen LogP contribution in [0.5, 0.6) is 0 Å². The number of primary amides is 1. The van der Waals surface area contributed by atoms with Crippen molar-refractivity contribution in [1.82, 2.24) is 15.0 Å². The number of nitrogens with two attached hydrogens (primary N) is 1. The van der Waals surface area contributed by atoms with Crippen molar-refractivity contribution in [2.75, 3.05) is 11.4 Å². The topological polar surface area (TPSA) is 77.0 Å². The average molecular weight is 293 g/mol. The SMILES string of the molecule is NC(=O)Cn1cc(CN2CCc3c(F)cc(F)cc32)nn1. The van der Waals surface area contributed by atoms with Crippen LogP contribution < -0.4 is 10.6 Å². The van der Waals surface area contributed by atoms with E-state index in [-0.39, 0.29) is 6.54 Å². The number of carbonyl (C=O) groups is 1. The van der Waals surface area contributed by atoms with Gasteiger partial charge in [0, 0.05) is 23.9 Å². The minimum absolute atomic E-state index is 0.0488. The lowest BCUT2D eigenvalue weighted by atomic mass is 10.1. The van der Waals surface area contributed by atoms with Gasteiger partial charge in [-0.2, -0.15) is 0 Å². The molecule has 2 aromatic rings. The fourth-order valence-electron chi connectivity index (χ4n) is 2.49. The van der Waals surface area contributed by atoms with Crippen LogP contribution in [0.2, 0.25) is 0 Å². The third-order valence-electron chi connectivity index (χ3n) is 3.37. The number of nitrogens with zero attached hydrogens (tertiary/aromatic N) is 4. The van der Waals surface area contributed by atoms with Gasteiger partial charge in [-0.25, -0.2) is 13.5 Å². The predicted molar refractivity (Wildman–Crippen MR) is 70.3 cm³/mol. The summed E-state index contributed by atoms with van der Waals surface area (Å²) in [5.74, 6) is -1.64. The standard InChI is InChI=1S/C13H13F2N5O/c14-8-3-11(15)10-1-2-19(12(10)4-8)5-9-6-20(18-17-9)7-13(16)21/h3-4,6H,1-2,5,7H2,(H2,16,21). The maximum atomic E-state index is 13.7. The number of fused-ring (bicyclic) bond motifs is 1. The highest BCUT2D eigenvalue weighted by Crippen LogP contribution is 2.31. The molecule has 110 valence electrons. The molecule has 1 aromatic heterocycles. The van der Waals surface area contributed by atoms with Gasteiger partial charge in [0.25, 0.3) is 0 Å². The molecule has 2 heterocycles. The Morgan fingerprint density at radius 2 is 2.19 bits per heavy atom. The lowest BCUT2D eigenvalue weighted by molar-refractivity contribution is -0.118. The van der Waals surface area contributed by atoms with Gasteiger partial charge < -0.3 is 10.6 Å². The largest absolute Gasteiger partial charge is 0.368 e. The van der Waals surface area contributed by atoms with E-state index in [2.05, 4.69) is 10.3 Å². The van der Waals surface area contributed by atoms with E-state index in [0.717, 1.165) is 6.07 Å². The highest BCUT2D eigenvalue weighted by atomic mass is 19.1. The van der Waals surface area contributed by atoms with Crippen LogP contribution >= 0.6 is 0 Å². The number of carbonyl (C=O) groups excluding carboxylic acids is 1. The van der Waals surface area contributed by atoms with Gasteiger partial charge in [0.05, 0.1) is 12.7 Å². The second-order valence-corrected chi connectivity index (χ2v) is 4.93. The third-order valence-corrected chi connectivity index (χ3v) is 3.37. The second kappa shape index (κ2) is 5.12. The molecule has 2 N–H and O–H groups in total. The Labute approximate surface area is 119 Å². The molecule has 1 aliphatic rings. The fraction of sp³-hybridized carbons (Fsp3) is 0.308. The Kier molecular flexibility index (Phi) is 3.28. The van der Waals surface area contributed by atoms with Crippen molar-refractivity contribution in [2.45, 2.75) is 19.5 Å². The zero-order valence-corrected chi connectivity index (χ0v) is 11.1. The summed E-state index contributed by atoms with van der Waals surface area (Å²) in [6.07, 6.45) is 2.12. The molecule has 8 heteroatoms. The molecule has 1 aromatic carbocycles. The molecule has 0 spiro atoms. The minimum Gasteiger partial charge on any atom is -0.368 e. The molecule has 0 aliphatic carbocycles. The molecule has 0 saturated heterocycles. The van der Waals surface area contributed by atoms with E-state index in [1.807, 2.05) is 4.90 Å². The number of hydrogen-bond acceptors (Lipinski definition) is 4. The van der Waals surface area contributed by atoms with Gasteiger partial charge in [0.2, 0.25) is 5.91 Å². The summed E-state index contributed by atoms with van der Waals surface area (Å²) in [5.41, 5.74) is 6.73. The highest BCUT2D eigenvalue weighted by molar-refractivity contribution is 5.73. The van der Waals surface area contributed by atoms with E-state index >= 15 is 0 Å². The summed E-state index contributed by atoms with van der Waals surface area (Å²) in [6.45, 7) is 0.903. The van der Waals surface area contributed by atoms with E-state index < -0.39 is 17.5 Å². The quantitative estimate of drug-likeness (QED) is 0.895. The molecule has 1 aliphatic heterocycles. The van der Waals surface area contributed by atoms with Crippen molar-refractivity contribution in [3.05, 3.63) is 41.2 Å². The van der Waals surface area contributed by atoms with Crippen LogP contribution in [0.25, 0.3) is 0 Å². The molecular weight excluding hydrogens is 280 g/mol. The first-order valence-electron chi connectivity index (χ1n) is 6.43. The van der Waals surface area contributed by atoms with Crippen LogP contribution in [0.3, 0.4) is 0 Å². The van der Waals surface area contributed by atoms with Crippen LogP contribution in [0.1, 0.15) is 11.3 Å². The monoisotopic (exact) mass is 293 g/mol. The van der Waals surface area contributed by atoms with Crippen LogP contribution in [0.4, 0.5) is 14.5 Å². The van der Waals surface area contributed by atoms with Gasteiger partial charge >= 0.3 is 0 Å². The molecule has 0 atom stereocenters. The van der Waals surface area contributed by atoms with Gasteiger partial charge in [-0.15, -0.1) is 5.10 Å². The molecule has 3 rings (SSSR count).